The summed E-state index contributed by atoms with van der Waals surface area (Å²) in [6.45, 7) is 0.418. The van der Waals surface area contributed by atoms with Crippen LogP contribution in [0.15, 0.2) is 12.1 Å². The summed E-state index contributed by atoms with van der Waals surface area (Å²) in [4.78, 5) is 0. The first-order valence-electron chi connectivity index (χ1n) is 4.65. The van der Waals surface area contributed by atoms with Gasteiger partial charge in [0.1, 0.15) is 0 Å². The van der Waals surface area contributed by atoms with Crippen molar-refractivity contribution in [2.75, 3.05) is 11.9 Å². The van der Waals surface area contributed by atoms with Gasteiger partial charge in [-0.2, -0.15) is 0 Å². The van der Waals surface area contributed by atoms with Crippen LogP contribution >= 0.6 is 11.6 Å². The summed E-state index contributed by atoms with van der Waals surface area (Å²) in [5.41, 5.74) is 0.0664. The Morgan fingerprint density at radius 1 is 1.25 bits per heavy atom. The zero-order valence-corrected chi connectivity index (χ0v) is 8.82. The minimum Gasteiger partial charge on any atom is -0.375 e. The van der Waals surface area contributed by atoms with Crippen LogP contribution in [0.25, 0.3) is 0 Å². The van der Waals surface area contributed by atoms with Crippen molar-refractivity contribution in [3.05, 3.63) is 35.1 Å². The molecule has 2 rings (SSSR count). The lowest BCUT2D eigenvalue weighted by atomic mass is 10.2. The molecule has 1 aromatic rings. The molecule has 0 bridgehead atoms. The van der Waals surface area contributed by atoms with Crippen LogP contribution in [0, 0.1) is 23.0 Å². The molecule has 87 valence electrons. The molecular weight excluding hydrogens is 243 g/mol. The Kier molecular flexibility index (Phi) is 3.25. The van der Waals surface area contributed by atoms with E-state index in [4.69, 9.17) is 16.3 Å². The Bertz CT molecular complexity index is 402. The van der Waals surface area contributed by atoms with E-state index in [1.165, 1.54) is 0 Å². The third-order valence-electron chi connectivity index (χ3n) is 2.29. The van der Waals surface area contributed by atoms with E-state index in [2.05, 4.69) is 5.32 Å². The molecule has 1 saturated heterocycles. The summed E-state index contributed by atoms with van der Waals surface area (Å²) in [5.74, 6) is -3.97. The summed E-state index contributed by atoms with van der Waals surface area (Å²) in [6.07, 6.45) is 0.553. The number of hydrogen-bond acceptors (Lipinski definition) is 2. The highest BCUT2D eigenvalue weighted by atomic mass is 35.5. The Labute approximate surface area is 95.3 Å². The molecule has 1 heterocycles. The molecule has 0 amide bonds. The lowest BCUT2D eigenvalue weighted by Crippen LogP contribution is -2.20. The van der Waals surface area contributed by atoms with Gasteiger partial charge in [0.25, 0.3) is 0 Å². The molecule has 0 aliphatic carbocycles. The van der Waals surface area contributed by atoms with E-state index < -0.39 is 17.5 Å². The minimum absolute atomic E-state index is 0.132. The van der Waals surface area contributed by atoms with Crippen LogP contribution in [0.1, 0.15) is 6.42 Å². The highest BCUT2D eigenvalue weighted by Crippen LogP contribution is 2.29. The number of hydrogen-bond donors (Lipinski definition) is 1. The zero-order valence-electron chi connectivity index (χ0n) is 8.07. The lowest BCUT2D eigenvalue weighted by molar-refractivity contribution is 0.235. The predicted molar refractivity (Wildman–Crippen MR) is 53.4 cm³/mol. The molecule has 1 aliphatic heterocycles. The second-order valence-electron chi connectivity index (χ2n) is 3.36. The SMILES string of the molecule is Fc1ccc(NC2CCO[C]2Cl)c(F)c1F. The zero-order chi connectivity index (χ0) is 11.7. The van der Waals surface area contributed by atoms with E-state index in [0.717, 1.165) is 12.1 Å². The molecule has 16 heavy (non-hydrogen) atoms. The van der Waals surface area contributed by atoms with E-state index in [1.807, 2.05) is 0 Å². The standard InChI is InChI=1S/C10H8ClF3NO/c11-10-7(3-4-16-10)15-6-2-1-5(12)8(13)9(6)14/h1-2,7,15H,3-4H2. The van der Waals surface area contributed by atoms with Crippen LogP contribution in [-0.2, 0) is 4.74 Å². The Morgan fingerprint density at radius 2 is 2.00 bits per heavy atom. The van der Waals surface area contributed by atoms with Crippen LogP contribution in [0.3, 0.4) is 0 Å². The molecule has 1 aromatic carbocycles. The molecule has 1 fully saturated rings. The molecule has 1 radical (unpaired) electrons. The summed E-state index contributed by atoms with van der Waals surface area (Å²) >= 11 is 5.69. The van der Waals surface area contributed by atoms with Gasteiger partial charge in [0.15, 0.2) is 17.5 Å². The van der Waals surface area contributed by atoms with Crippen molar-refractivity contribution in [3.63, 3.8) is 0 Å². The molecular formula is C10H8ClF3NO. The molecule has 1 unspecified atom stereocenters. The predicted octanol–water partition coefficient (Wildman–Crippen LogP) is 3.03. The molecule has 2 nitrogen and oxygen atoms in total. The van der Waals surface area contributed by atoms with Crippen molar-refractivity contribution in [3.8, 4) is 0 Å². The van der Waals surface area contributed by atoms with Crippen molar-refractivity contribution >= 4 is 17.3 Å². The van der Waals surface area contributed by atoms with Crippen molar-refractivity contribution < 1.29 is 17.9 Å². The van der Waals surface area contributed by atoms with Gasteiger partial charge in [-0.1, -0.05) is 11.6 Å². The Balaban J connectivity index is 2.18. The molecule has 0 aromatic heterocycles. The Morgan fingerprint density at radius 3 is 2.62 bits per heavy atom. The van der Waals surface area contributed by atoms with Gasteiger partial charge in [-0.3, -0.25) is 0 Å². The number of halogens is 4. The number of anilines is 1. The van der Waals surface area contributed by atoms with Gasteiger partial charge in [-0.25, -0.2) is 13.2 Å². The van der Waals surface area contributed by atoms with Gasteiger partial charge < -0.3 is 10.1 Å². The smallest absolute Gasteiger partial charge is 0.206 e. The van der Waals surface area contributed by atoms with E-state index in [-0.39, 0.29) is 17.3 Å². The summed E-state index contributed by atoms with van der Waals surface area (Å²) in [5, 5.41) is 2.65. The quantitative estimate of drug-likeness (QED) is 0.815. The van der Waals surface area contributed by atoms with E-state index in [9.17, 15) is 13.2 Å². The van der Waals surface area contributed by atoms with E-state index in [0.29, 0.717) is 13.0 Å². The largest absolute Gasteiger partial charge is 0.375 e. The monoisotopic (exact) mass is 250 g/mol. The highest BCUT2D eigenvalue weighted by molar-refractivity contribution is 6.26. The highest BCUT2D eigenvalue weighted by Gasteiger charge is 2.28. The summed E-state index contributed by atoms with van der Waals surface area (Å²) in [6, 6.07) is 1.58. The molecule has 6 heteroatoms. The van der Waals surface area contributed by atoms with Gasteiger partial charge in [0.2, 0.25) is 5.56 Å². The number of nitrogens with one attached hydrogen (secondary N) is 1. The second-order valence-corrected chi connectivity index (χ2v) is 3.73. The van der Waals surface area contributed by atoms with Gasteiger partial charge in [0, 0.05) is 0 Å². The third-order valence-corrected chi connectivity index (χ3v) is 2.66. The average Bonchev–Trinajstić information content (AvgIpc) is 2.65. The first-order chi connectivity index (χ1) is 7.59. The first-order valence-corrected chi connectivity index (χ1v) is 5.02. The maximum atomic E-state index is 13.3. The fourth-order valence-electron chi connectivity index (χ4n) is 1.44. The average molecular weight is 251 g/mol. The van der Waals surface area contributed by atoms with E-state index in [1.54, 1.807) is 0 Å². The fraction of sp³-hybridized carbons (Fsp3) is 0.300. The van der Waals surface area contributed by atoms with Crippen molar-refractivity contribution in [1.82, 2.24) is 0 Å². The van der Waals surface area contributed by atoms with Gasteiger partial charge in [-0.05, 0) is 18.6 Å². The van der Waals surface area contributed by atoms with E-state index >= 15 is 0 Å². The normalized spacial score (nSPS) is 21.4. The first kappa shape index (κ1) is 11.5. The lowest BCUT2D eigenvalue weighted by Gasteiger charge is -2.15. The maximum absolute atomic E-state index is 13.3. The van der Waals surface area contributed by atoms with Crippen LogP contribution in [-0.4, -0.2) is 12.6 Å². The fourth-order valence-corrected chi connectivity index (χ4v) is 1.68. The number of benzene rings is 1. The molecule has 1 N–H and O–H groups in total. The van der Waals surface area contributed by atoms with Crippen molar-refractivity contribution in [2.45, 2.75) is 12.5 Å². The van der Waals surface area contributed by atoms with Crippen LogP contribution < -0.4 is 5.32 Å². The van der Waals surface area contributed by atoms with Crippen LogP contribution in [0.4, 0.5) is 18.9 Å². The molecule has 1 atom stereocenters. The van der Waals surface area contributed by atoms with Gasteiger partial charge in [-0.15, -0.1) is 0 Å². The maximum Gasteiger partial charge on any atom is 0.206 e. The molecule has 1 aliphatic rings. The molecule has 0 saturated carbocycles. The van der Waals surface area contributed by atoms with Gasteiger partial charge >= 0.3 is 0 Å². The summed E-state index contributed by atoms with van der Waals surface area (Å²) < 4.78 is 43.8. The Hall–Kier alpha value is -0.940. The van der Waals surface area contributed by atoms with Crippen molar-refractivity contribution in [2.24, 2.45) is 0 Å². The number of rotatable bonds is 2. The third kappa shape index (κ3) is 2.10. The summed E-state index contributed by atoms with van der Waals surface area (Å²) in [7, 11) is 0. The second kappa shape index (κ2) is 4.51. The van der Waals surface area contributed by atoms with Crippen LogP contribution in [0.5, 0.6) is 0 Å². The minimum atomic E-state index is -1.50. The van der Waals surface area contributed by atoms with Crippen LogP contribution in [0.2, 0.25) is 0 Å². The number of ether oxygens (including phenoxy) is 1. The van der Waals surface area contributed by atoms with Gasteiger partial charge in [0.05, 0.1) is 18.3 Å². The topological polar surface area (TPSA) is 21.3 Å². The van der Waals surface area contributed by atoms with Crippen molar-refractivity contribution in [1.29, 1.82) is 0 Å². The molecule has 0 spiro atoms.